The van der Waals surface area contributed by atoms with Crippen LogP contribution in [-0.4, -0.2) is 0 Å². The molecule has 0 aliphatic rings. The third kappa shape index (κ3) is 2.59. The Labute approximate surface area is 70.2 Å². The Bertz CT molecular complexity index is 138. The van der Waals surface area contributed by atoms with Gasteiger partial charge >= 0.3 is 0 Å². The Morgan fingerprint density at radius 3 is 2.50 bits per heavy atom. The summed E-state index contributed by atoms with van der Waals surface area (Å²) in [6.07, 6.45) is 0. The van der Waals surface area contributed by atoms with E-state index in [1.807, 2.05) is 24.3 Å². The van der Waals surface area contributed by atoms with Gasteiger partial charge < -0.3 is 0 Å². The average Bonchev–Trinajstić information content (AvgIpc) is 1.69. The van der Waals surface area contributed by atoms with Crippen LogP contribution in [0.5, 0.6) is 0 Å². The summed E-state index contributed by atoms with van der Waals surface area (Å²) in [7, 11) is 0. The van der Waals surface area contributed by atoms with Crippen molar-refractivity contribution in [2.45, 2.75) is 0 Å². The van der Waals surface area contributed by atoms with Crippen LogP contribution >= 0.6 is 15.9 Å². The van der Waals surface area contributed by atoms with Gasteiger partial charge in [-0.3, -0.25) is 0 Å². The Balaban J connectivity index is 0.000000490. The molecule has 0 unspecified atom stereocenters. The van der Waals surface area contributed by atoms with Crippen molar-refractivity contribution in [2.24, 2.45) is 0 Å². The van der Waals surface area contributed by atoms with Crippen molar-refractivity contribution >= 4 is 15.9 Å². The van der Waals surface area contributed by atoms with Crippen LogP contribution in [0.4, 0.5) is 0 Å². The maximum Gasteiger partial charge on any atom is 0 e. The van der Waals surface area contributed by atoms with Crippen molar-refractivity contribution in [2.75, 3.05) is 0 Å². The summed E-state index contributed by atoms with van der Waals surface area (Å²) in [4.78, 5) is 0. The number of benzene rings is 1. The van der Waals surface area contributed by atoms with Gasteiger partial charge in [-0.2, -0.15) is 30.3 Å². The van der Waals surface area contributed by atoms with Crippen LogP contribution in [0.1, 0.15) is 0 Å². The SMILES string of the molecule is Brc1c[c-]ccc1.[Zn]. The number of halogens is 1. The maximum atomic E-state index is 3.28. The van der Waals surface area contributed by atoms with E-state index in [9.17, 15) is 0 Å². The van der Waals surface area contributed by atoms with E-state index < -0.39 is 0 Å². The van der Waals surface area contributed by atoms with Gasteiger partial charge in [-0.05, 0) is 0 Å². The largest absolute Gasteiger partial charge is 0.183 e. The van der Waals surface area contributed by atoms with Crippen molar-refractivity contribution in [1.82, 2.24) is 0 Å². The third-order valence-electron chi connectivity index (χ3n) is 0.669. The van der Waals surface area contributed by atoms with Crippen LogP contribution in [0.2, 0.25) is 0 Å². The molecule has 0 bridgehead atoms. The minimum absolute atomic E-state index is 0. The topological polar surface area (TPSA) is 0 Å². The average molecular weight is 221 g/mol. The van der Waals surface area contributed by atoms with Gasteiger partial charge in [-0.1, -0.05) is 4.47 Å². The van der Waals surface area contributed by atoms with Crippen LogP contribution in [0, 0.1) is 6.07 Å². The molecule has 0 aliphatic heterocycles. The molecule has 2 heteroatoms. The third-order valence-corrected chi connectivity index (χ3v) is 1.16. The zero-order valence-corrected chi connectivity index (χ0v) is 8.95. The summed E-state index contributed by atoms with van der Waals surface area (Å²) in [5.41, 5.74) is 0. The van der Waals surface area contributed by atoms with E-state index in [1.54, 1.807) is 0 Å². The molecule has 0 radical (unpaired) electrons. The molecule has 0 saturated heterocycles. The molecule has 0 saturated carbocycles. The first-order chi connectivity index (χ1) is 3.39. The van der Waals surface area contributed by atoms with Crippen molar-refractivity contribution in [3.8, 4) is 0 Å². The predicted octanol–water partition coefficient (Wildman–Crippen LogP) is 2.25. The van der Waals surface area contributed by atoms with E-state index in [0.717, 1.165) is 4.47 Å². The van der Waals surface area contributed by atoms with Gasteiger partial charge in [0.25, 0.3) is 0 Å². The second kappa shape index (κ2) is 4.23. The number of rotatable bonds is 0. The second-order valence-electron chi connectivity index (χ2n) is 1.22. The van der Waals surface area contributed by atoms with Crippen LogP contribution in [0.25, 0.3) is 0 Å². The van der Waals surface area contributed by atoms with Crippen molar-refractivity contribution in [1.29, 1.82) is 0 Å². The fraction of sp³-hybridized carbons (Fsp3) is 0. The summed E-state index contributed by atoms with van der Waals surface area (Å²) in [5.74, 6) is 0. The van der Waals surface area contributed by atoms with Crippen LogP contribution in [-0.2, 0) is 19.5 Å². The fourth-order valence-corrected chi connectivity index (χ4v) is 0.656. The first kappa shape index (κ1) is 8.32. The molecule has 1 rings (SSSR count). The van der Waals surface area contributed by atoms with Crippen molar-refractivity contribution in [3.05, 3.63) is 34.8 Å². The Morgan fingerprint density at radius 1 is 1.50 bits per heavy atom. The van der Waals surface area contributed by atoms with E-state index in [1.165, 1.54) is 0 Å². The molecule has 0 aromatic heterocycles. The smallest absolute Gasteiger partial charge is 0 e. The zero-order valence-electron chi connectivity index (χ0n) is 4.39. The summed E-state index contributed by atoms with van der Waals surface area (Å²) in [6.45, 7) is 0. The normalized spacial score (nSPS) is 7.62. The second-order valence-corrected chi connectivity index (χ2v) is 2.14. The molecule has 38 valence electrons. The van der Waals surface area contributed by atoms with E-state index in [2.05, 4.69) is 22.0 Å². The molecule has 0 nitrogen and oxygen atoms in total. The molecule has 0 spiro atoms. The standard InChI is InChI=1S/C6H4Br.Zn/c7-6-4-2-1-3-5-6;/h1-2,4-5H;/q-1;. The monoisotopic (exact) mass is 219 g/mol. The van der Waals surface area contributed by atoms with Gasteiger partial charge in [0.2, 0.25) is 0 Å². The van der Waals surface area contributed by atoms with Gasteiger partial charge in [0.05, 0.1) is 0 Å². The van der Waals surface area contributed by atoms with Gasteiger partial charge in [0, 0.05) is 19.5 Å². The van der Waals surface area contributed by atoms with Gasteiger partial charge in [0.1, 0.15) is 0 Å². The molecular formula is C6H4BrZn-. The van der Waals surface area contributed by atoms with Crippen molar-refractivity contribution < 1.29 is 19.5 Å². The minimum Gasteiger partial charge on any atom is -0.183 e. The summed E-state index contributed by atoms with van der Waals surface area (Å²) < 4.78 is 1.08. The van der Waals surface area contributed by atoms with Crippen molar-refractivity contribution in [3.63, 3.8) is 0 Å². The summed E-state index contributed by atoms with van der Waals surface area (Å²) >= 11 is 3.28. The number of hydrogen-bond acceptors (Lipinski definition) is 0. The molecule has 0 fully saturated rings. The fourth-order valence-electron chi connectivity index (χ4n) is 0.371. The van der Waals surface area contributed by atoms with Crippen LogP contribution in [0.15, 0.2) is 28.7 Å². The summed E-state index contributed by atoms with van der Waals surface area (Å²) in [6, 6.07) is 10.6. The molecule has 0 atom stereocenters. The number of hydrogen-bond donors (Lipinski definition) is 0. The van der Waals surface area contributed by atoms with E-state index in [-0.39, 0.29) is 19.5 Å². The quantitative estimate of drug-likeness (QED) is 0.466. The van der Waals surface area contributed by atoms with Gasteiger partial charge in [0.15, 0.2) is 0 Å². The molecule has 8 heavy (non-hydrogen) atoms. The Hall–Kier alpha value is 0.323. The molecule has 1 aromatic rings. The molecule has 0 aliphatic carbocycles. The zero-order chi connectivity index (χ0) is 5.11. The van der Waals surface area contributed by atoms with Crippen LogP contribution < -0.4 is 0 Å². The Morgan fingerprint density at radius 2 is 2.25 bits per heavy atom. The predicted molar refractivity (Wildman–Crippen MR) is 33.0 cm³/mol. The molecule has 1 aromatic carbocycles. The van der Waals surface area contributed by atoms with Gasteiger partial charge in [-0.25, -0.2) is 0 Å². The van der Waals surface area contributed by atoms with E-state index >= 15 is 0 Å². The first-order valence-electron chi connectivity index (χ1n) is 2.01. The molecule has 0 amide bonds. The van der Waals surface area contributed by atoms with E-state index in [4.69, 9.17) is 0 Å². The minimum atomic E-state index is 0. The molecule has 0 heterocycles. The summed E-state index contributed by atoms with van der Waals surface area (Å²) in [5, 5.41) is 0. The first-order valence-corrected chi connectivity index (χ1v) is 2.80. The Kier molecular flexibility index (Phi) is 4.40. The molecular weight excluding hydrogens is 217 g/mol. The molecule has 0 N–H and O–H groups in total. The van der Waals surface area contributed by atoms with Crippen LogP contribution in [0.3, 0.4) is 0 Å². The van der Waals surface area contributed by atoms with E-state index in [0.29, 0.717) is 0 Å². The maximum absolute atomic E-state index is 3.28. The van der Waals surface area contributed by atoms with Gasteiger partial charge in [-0.15, -0.1) is 15.9 Å².